The molecule has 0 saturated heterocycles. The lowest BCUT2D eigenvalue weighted by Gasteiger charge is -2.18. The van der Waals surface area contributed by atoms with Crippen molar-refractivity contribution in [2.75, 3.05) is 0 Å². The molecular formula is C14H23N. The molecule has 0 aromatic heterocycles. The smallest absolute Gasteiger partial charge is 0.0138 e. The number of unbranched alkanes of at least 4 members (excludes halogenated alkanes) is 1. The van der Waals surface area contributed by atoms with Crippen LogP contribution in [0.15, 0.2) is 24.3 Å². The minimum absolute atomic E-state index is 0.106. The number of aryl methyl sites for hydroxylation is 1. The maximum Gasteiger partial charge on any atom is 0.0138 e. The SMILES string of the molecule is CCCCc1ccc(CC(C)(C)N)cc1. The van der Waals surface area contributed by atoms with Crippen LogP contribution in [-0.2, 0) is 12.8 Å². The molecule has 0 bridgehead atoms. The molecule has 1 rings (SSSR count). The van der Waals surface area contributed by atoms with Crippen molar-refractivity contribution in [3.05, 3.63) is 35.4 Å². The van der Waals surface area contributed by atoms with Crippen LogP contribution in [0.5, 0.6) is 0 Å². The summed E-state index contributed by atoms with van der Waals surface area (Å²) in [6, 6.07) is 8.88. The molecule has 0 aliphatic heterocycles. The summed E-state index contributed by atoms with van der Waals surface area (Å²) in [6.45, 7) is 6.36. The van der Waals surface area contributed by atoms with Crippen LogP contribution < -0.4 is 5.73 Å². The van der Waals surface area contributed by atoms with Crippen LogP contribution in [0.1, 0.15) is 44.7 Å². The lowest BCUT2D eigenvalue weighted by Crippen LogP contribution is -2.34. The molecule has 0 atom stereocenters. The van der Waals surface area contributed by atoms with Crippen LogP contribution in [0.25, 0.3) is 0 Å². The maximum atomic E-state index is 5.99. The van der Waals surface area contributed by atoms with Gasteiger partial charge in [0, 0.05) is 5.54 Å². The Labute approximate surface area is 93.7 Å². The van der Waals surface area contributed by atoms with Gasteiger partial charge in [0.05, 0.1) is 0 Å². The molecule has 1 aromatic rings. The average molecular weight is 205 g/mol. The third-order valence-electron chi connectivity index (χ3n) is 2.50. The predicted octanol–water partition coefficient (Wildman–Crippen LogP) is 3.31. The highest BCUT2D eigenvalue weighted by atomic mass is 14.7. The van der Waals surface area contributed by atoms with Crippen LogP contribution in [-0.4, -0.2) is 5.54 Å². The van der Waals surface area contributed by atoms with Crippen molar-refractivity contribution >= 4 is 0 Å². The molecule has 0 saturated carbocycles. The summed E-state index contributed by atoms with van der Waals surface area (Å²) in [4.78, 5) is 0. The van der Waals surface area contributed by atoms with E-state index in [4.69, 9.17) is 5.73 Å². The number of nitrogens with two attached hydrogens (primary N) is 1. The summed E-state index contributed by atoms with van der Waals surface area (Å²) in [5, 5.41) is 0. The van der Waals surface area contributed by atoms with Gasteiger partial charge in [0.15, 0.2) is 0 Å². The van der Waals surface area contributed by atoms with Gasteiger partial charge in [-0.1, -0.05) is 37.6 Å². The topological polar surface area (TPSA) is 26.0 Å². The van der Waals surface area contributed by atoms with Gasteiger partial charge in [-0.2, -0.15) is 0 Å². The van der Waals surface area contributed by atoms with Crippen LogP contribution in [0.4, 0.5) is 0 Å². The summed E-state index contributed by atoms with van der Waals surface area (Å²) in [5.74, 6) is 0. The van der Waals surface area contributed by atoms with E-state index in [-0.39, 0.29) is 5.54 Å². The summed E-state index contributed by atoms with van der Waals surface area (Å²) >= 11 is 0. The summed E-state index contributed by atoms with van der Waals surface area (Å²) < 4.78 is 0. The Morgan fingerprint density at radius 3 is 2.07 bits per heavy atom. The Balaban J connectivity index is 2.56. The first-order chi connectivity index (χ1) is 7.01. The zero-order chi connectivity index (χ0) is 11.3. The van der Waals surface area contributed by atoms with E-state index in [0.717, 1.165) is 6.42 Å². The normalized spacial score (nSPS) is 11.7. The lowest BCUT2D eigenvalue weighted by molar-refractivity contribution is 0.516. The molecule has 1 heteroatoms. The van der Waals surface area contributed by atoms with E-state index < -0.39 is 0 Å². The van der Waals surface area contributed by atoms with Gasteiger partial charge in [0.2, 0.25) is 0 Å². The van der Waals surface area contributed by atoms with E-state index in [1.54, 1.807) is 0 Å². The number of hydrogen-bond acceptors (Lipinski definition) is 1. The molecule has 2 N–H and O–H groups in total. The van der Waals surface area contributed by atoms with Crippen LogP contribution in [0.2, 0.25) is 0 Å². The predicted molar refractivity (Wildman–Crippen MR) is 67.0 cm³/mol. The molecular weight excluding hydrogens is 182 g/mol. The quantitative estimate of drug-likeness (QED) is 0.784. The van der Waals surface area contributed by atoms with Gasteiger partial charge in [0.25, 0.3) is 0 Å². The standard InChI is InChI=1S/C14H23N/c1-4-5-6-12-7-9-13(10-8-12)11-14(2,3)15/h7-10H,4-6,11,15H2,1-3H3. The zero-order valence-corrected chi connectivity index (χ0v) is 10.2. The first-order valence-electron chi connectivity index (χ1n) is 5.88. The monoisotopic (exact) mass is 205 g/mol. The van der Waals surface area contributed by atoms with E-state index in [1.165, 1.54) is 30.4 Å². The van der Waals surface area contributed by atoms with Gasteiger partial charge >= 0.3 is 0 Å². The molecule has 0 amide bonds. The van der Waals surface area contributed by atoms with E-state index in [1.807, 2.05) is 0 Å². The van der Waals surface area contributed by atoms with Gasteiger partial charge in [-0.3, -0.25) is 0 Å². The van der Waals surface area contributed by atoms with Gasteiger partial charge in [0.1, 0.15) is 0 Å². The minimum Gasteiger partial charge on any atom is -0.325 e. The van der Waals surface area contributed by atoms with Gasteiger partial charge in [-0.15, -0.1) is 0 Å². The highest BCUT2D eigenvalue weighted by Gasteiger charge is 2.10. The van der Waals surface area contributed by atoms with Gasteiger partial charge < -0.3 is 5.73 Å². The Kier molecular flexibility index (Phi) is 4.34. The molecule has 0 heterocycles. The number of hydrogen-bond donors (Lipinski definition) is 1. The van der Waals surface area contributed by atoms with Crippen molar-refractivity contribution in [3.63, 3.8) is 0 Å². The molecule has 1 nitrogen and oxygen atoms in total. The van der Waals surface area contributed by atoms with E-state index in [9.17, 15) is 0 Å². The second-order valence-electron chi connectivity index (χ2n) is 5.09. The van der Waals surface area contributed by atoms with Crippen molar-refractivity contribution in [2.24, 2.45) is 5.73 Å². The first kappa shape index (κ1) is 12.3. The fourth-order valence-corrected chi connectivity index (χ4v) is 1.73. The summed E-state index contributed by atoms with van der Waals surface area (Å²) in [5.41, 5.74) is 8.66. The van der Waals surface area contributed by atoms with Crippen molar-refractivity contribution in [3.8, 4) is 0 Å². The lowest BCUT2D eigenvalue weighted by atomic mass is 9.95. The van der Waals surface area contributed by atoms with E-state index in [2.05, 4.69) is 45.0 Å². The van der Waals surface area contributed by atoms with Crippen molar-refractivity contribution < 1.29 is 0 Å². The molecule has 15 heavy (non-hydrogen) atoms. The maximum absolute atomic E-state index is 5.99. The van der Waals surface area contributed by atoms with E-state index >= 15 is 0 Å². The first-order valence-corrected chi connectivity index (χ1v) is 5.88. The van der Waals surface area contributed by atoms with Crippen LogP contribution in [0.3, 0.4) is 0 Å². The fraction of sp³-hybridized carbons (Fsp3) is 0.571. The Hall–Kier alpha value is -0.820. The molecule has 0 spiro atoms. The summed E-state index contributed by atoms with van der Waals surface area (Å²) in [7, 11) is 0. The van der Waals surface area contributed by atoms with Crippen LogP contribution in [0, 0.1) is 0 Å². The zero-order valence-electron chi connectivity index (χ0n) is 10.2. The molecule has 84 valence electrons. The molecule has 0 radical (unpaired) electrons. The highest BCUT2D eigenvalue weighted by molar-refractivity contribution is 5.23. The second kappa shape index (κ2) is 5.32. The van der Waals surface area contributed by atoms with Crippen molar-refractivity contribution in [1.29, 1.82) is 0 Å². The van der Waals surface area contributed by atoms with Crippen molar-refractivity contribution in [2.45, 2.75) is 52.0 Å². The molecule has 0 unspecified atom stereocenters. The second-order valence-corrected chi connectivity index (χ2v) is 5.09. The average Bonchev–Trinajstić information content (AvgIpc) is 2.14. The van der Waals surface area contributed by atoms with Gasteiger partial charge in [-0.25, -0.2) is 0 Å². The number of benzene rings is 1. The van der Waals surface area contributed by atoms with Crippen LogP contribution >= 0.6 is 0 Å². The van der Waals surface area contributed by atoms with Gasteiger partial charge in [-0.05, 0) is 44.2 Å². The highest BCUT2D eigenvalue weighted by Crippen LogP contribution is 2.12. The molecule has 0 aliphatic carbocycles. The largest absolute Gasteiger partial charge is 0.325 e. The third kappa shape index (κ3) is 4.98. The fourth-order valence-electron chi connectivity index (χ4n) is 1.73. The Morgan fingerprint density at radius 1 is 1.07 bits per heavy atom. The number of rotatable bonds is 5. The molecule has 1 aromatic carbocycles. The van der Waals surface area contributed by atoms with Crippen molar-refractivity contribution in [1.82, 2.24) is 0 Å². The molecule has 0 aliphatic rings. The summed E-state index contributed by atoms with van der Waals surface area (Å²) in [6.07, 6.45) is 4.68. The third-order valence-corrected chi connectivity index (χ3v) is 2.50. The Bertz CT molecular complexity index is 279. The molecule has 0 fully saturated rings. The Morgan fingerprint density at radius 2 is 1.60 bits per heavy atom. The van der Waals surface area contributed by atoms with E-state index in [0.29, 0.717) is 0 Å². The minimum atomic E-state index is -0.106.